The largest absolute Gasteiger partial charge is 0.339 e. The predicted molar refractivity (Wildman–Crippen MR) is 72.4 cm³/mol. The molecule has 5 heteroatoms. The molecule has 0 unspecified atom stereocenters. The lowest BCUT2D eigenvalue weighted by molar-refractivity contribution is 0.302. The first-order valence-electron chi connectivity index (χ1n) is 7.04. The highest BCUT2D eigenvalue weighted by Gasteiger charge is 2.07. The van der Waals surface area contributed by atoms with Crippen LogP contribution in [-0.4, -0.2) is 41.2 Å². The van der Waals surface area contributed by atoms with Gasteiger partial charge in [0.15, 0.2) is 5.82 Å². The molecule has 0 saturated heterocycles. The highest BCUT2D eigenvalue weighted by Crippen LogP contribution is 2.05. The van der Waals surface area contributed by atoms with Crippen molar-refractivity contribution in [2.75, 3.05) is 26.2 Å². The van der Waals surface area contributed by atoms with Gasteiger partial charge in [0.25, 0.3) is 0 Å². The normalized spacial score (nSPS) is 11.3. The Morgan fingerprint density at radius 3 is 2.56 bits per heavy atom. The average Bonchev–Trinajstić information content (AvgIpc) is 2.84. The molecular weight excluding hydrogens is 228 g/mol. The van der Waals surface area contributed by atoms with Gasteiger partial charge in [0.05, 0.1) is 0 Å². The number of unbranched alkanes of at least 4 members (excludes halogenated alkanes) is 2. The van der Waals surface area contributed by atoms with Crippen LogP contribution >= 0.6 is 0 Å². The van der Waals surface area contributed by atoms with Crippen LogP contribution in [0.4, 0.5) is 0 Å². The molecule has 2 N–H and O–H groups in total. The predicted octanol–water partition coefficient (Wildman–Crippen LogP) is 1.63. The zero-order valence-corrected chi connectivity index (χ0v) is 11.7. The summed E-state index contributed by atoms with van der Waals surface area (Å²) in [6, 6.07) is 0. The van der Waals surface area contributed by atoms with E-state index in [0.29, 0.717) is 0 Å². The maximum Gasteiger partial charge on any atom is 0.226 e. The van der Waals surface area contributed by atoms with E-state index in [0.717, 1.165) is 70.0 Å². The van der Waals surface area contributed by atoms with Gasteiger partial charge in [0, 0.05) is 19.4 Å². The summed E-state index contributed by atoms with van der Waals surface area (Å²) in [5.74, 6) is 1.59. The number of hydrogen-bond acceptors (Lipinski definition) is 5. The molecule has 0 aliphatic heterocycles. The van der Waals surface area contributed by atoms with Crippen molar-refractivity contribution < 1.29 is 4.52 Å². The standard InChI is InChI=1S/C13H26N4O/c1-3-17(4-2)11-9-12-15-13(18-16-12)8-6-5-7-10-14/h3-11,14H2,1-2H3. The van der Waals surface area contributed by atoms with Gasteiger partial charge in [-0.1, -0.05) is 25.4 Å². The lowest BCUT2D eigenvalue weighted by Gasteiger charge is -2.16. The van der Waals surface area contributed by atoms with Gasteiger partial charge >= 0.3 is 0 Å². The van der Waals surface area contributed by atoms with Crippen molar-refractivity contribution in [2.45, 2.75) is 46.0 Å². The van der Waals surface area contributed by atoms with Crippen LogP contribution in [-0.2, 0) is 12.8 Å². The van der Waals surface area contributed by atoms with Crippen molar-refractivity contribution in [1.82, 2.24) is 15.0 Å². The maximum absolute atomic E-state index is 5.45. The van der Waals surface area contributed by atoms with Crippen molar-refractivity contribution >= 4 is 0 Å². The highest BCUT2D eigenvalue weighted by molar-refractivity contribution is 4.87. The van der Waals surface area contributed by atoms with Crippen LogP contribution in [0.2, 0.25) is 0 Å². The van der Waals surface area contributed by atoms with Gasteiger partial charge in [-0.15, -0.1) is 0 Å². The molecule has 0 bridgehead atoms. The summed E-state index contributed by atoms with van der Waals surface area (Å²) < 4.78 is 5.23. The number of aromatic nitrogens is 2. The Bertz CT molecular complexity index is 310. The smallest absolute Gasteiger partial charge is 0.226 e. The molecule has 0 aliphatic rings. The molecular formula is C13H26N4O. The third-order valence-electron chi connectivity index (χ3n) is 3.15. The van der Waals surface area contributed by atoms with Gasteiger partial charge in [0.2, 0.25) is 5.89 Å². The lowest BCUT2D eigenvalue weighted by atomic mass is 10.2. The summed E-state index contributed by atoms with van der Waals surface area (Å²) in [6.07, 6.45) is 5.03. The van der Waals surface area contributed by atoms with Gasteiger partial charge in [0.1, 0.15) is 0 Å². The SMILES string of the molecule is CCN(CC)CCc1noc(CCCCCN)n1. The van der Waals surface area contributed by atoms with Crippen LogP contribution in [0.1, 0.15) is 44.8 Å². The fourth-order valence-corrected chi connectivity index (χ4v) is 1.89. The van der Waals surface area contributed by atoms with E-state index in [1.54, 1.807) is 0 Å². The average molecular weight is 254 g/mol. The first-order valence-corrected chi connectivity index (χ1v) is 7.04. The van der Waals surface area contributed by atoms with Crippen LogP contribution in [0.3, 0.4) is 0 Å². The van der Waals surface area contributed by atoms with E-state index < -0.39 is 0 Å². The van der Waals surface area contributed by atoms with Gasteiger partial charge < -0.3 is 15.2 Å². The number of nitrogens with zero attached hydrogens (tertiary/aromatic N) is 3. The van der Waals surface area contributed by atoms with Gasteiger partial charge in [-0.25, -0.2) is 0 Å². The Morgan fingerprint density at radius 2 is 1.89 bits per heavy atom. The maximum atomic E-state index is 5.45. The van der Waals surface area contributed by atoms with Gasteiger partial charge in [-0.05, 0) is 32.5 Å². The first-order chi connectivity index (χ1) is 8.80. The molecule has 0 amide bonds. The summed E-state index contributed by atoms with van der Waals surface area (Å²) >= 11 is 0. The van der Waals surface area contributed by atoms with Crippen LogP contribution in [0.5, 0.6) is 0 Å². The van der Waals surface area contributed by atoms with Crippen molar-refractivity contribution in [3.05, 3.63) is 11.7 Å². The fraction of sp³-hybridized carbons (Fsp3) is 0.846. The van der Waals surface area contributed by atoms with E-state index in [-0.39, 0.29) is 0 Å². The number of rotatable bonds is 10. The van der Waals surface area contributed by atoms with Gasteiger partial charge in [-0.3, -0.25) is 0 Å². The molecule has 18 heavy (non-hydrogen) atoms. The Kier molecular flexibility index (Phi) is 7.60. The van der Waals surface area contributed by atoms with E-state index in [2.05, 4.69) is 28.9 Å². The Balaban J connectivity index is 2.25. The van der Waals surface area contributed by atoms with Gasteiger partial charge in [-0.2, -0.15) is 4.98 Å². The quantitative estimate of drug-likeness (QED) is 0.643. The summed E-state index contributed by atoms with van der Waals surface area (Å²) in [5, 5.41) is 4.02. The van der Waals surface area contributed by atoms with Crippen LogP contribution in [0, 0.1) is 0 Å². The van der Waals surface area contributed by atoms with Crippen molar-refractivity contribution in [3.63, 3.8) is 0 Å². The summed E-state index contributed by atoms with van der Waals surface area (Å²) in [6.45, 7) is 8.24. The summed E-state index contributed by atoms with van der Waals surface area (Å²) in [4.78, 5) is 6.77. The summed E-state index contributed by atoms with van der Waals surface area (Å²) in [7, 11) is 0. The minimum atomic E-state index is 0.763. The van der Waals surface area contributed by atoms with Crippen molar-refractivity contribution in [3.8, 4) is 0 Å². The van der Waals surface area contributed by atoms with Crippen molar-refractivity contribution in [1.29, 1.82) is 0 Å². The third-order valence-corrected chi connectivity index (χ3v) is 3.15. The second-order valence-corrected chi connectivity index (χ2v) is 4.48. The second-order valence-electron chi connectivity index (χ2n) is 4.48. The second kappa shape index (κ2) is 9.05. The zero-order chi connectivity index (χ0) is 13.2. The molecule has 1 aromatic rings. The van der Waals surface area contributed by atoms with Crippen LogP contribution in [0.15, 0.2) is 4.52 Å². The van der Waals surface area contributed by atoms with Crippen molar-refractivity contribution in [2.24, 2.45) is 5.73 Å². The molecule has 0 fully saturated rings. The molecule has 1 heterocycles. The topological polar surface area (TPSA) is 68.2 Å². The number of aryl methyl sites for hydroxylation is 1. The number of likely N-dealkylation sites (N-methyl/N-ethyl adjacent to an activating group) is 1. The van der Waals surface area contributed by atoms with E-state index in [4.69, 9.17) is 10.3 Å². The van der Waals surface area contributed by atoms with E-state index in [1.165, 1.54) is 0 Å². The van der Waals surface area contributed by atoms with Crippen LogP contribution in [0.25, 0.3) is 0 Å². The minimum Gasteiger partial charge on any atom is -0.339 e. The first kappa shape index (κ1) is 15.1. The van der Waals surface area contributed by atoms with E-state index in [1.807, 2.05) is 0 Å². The fourth-order valence-electron chi connectivity index (χ4n) is 1.89. The monoisotopic (exact) mass is 254 g/mol. The van der Waals surface area contributed by atoms with E-state index >= 15 is 0 Å². The molecule has 0 aliphatic carbocycles. The van der Waals surface area contributed by atoms with Crippen LogP contribution < -0.4 is 5.73 Å². The Hall–Kier alpha value is -0.940. The molecule has 1 rings (SSSR count). The molecule has 0 aromatic carbocycles. The lowest BCUT2D eigenvalue weighted by Crippen LogP contribution is -2.25. The molecule has 0 radical (unpaired) electrons. The number of hydrogen-bond donors (Lipinski definition) is 1. The Labute approximate surface area is 110 Å². The minimum absolute atomic E-state index is 0.763. The molecule has 5 nitrogen and oxygen atoms in total. The molecule has 104 valence electrons. The number of nitrogens with two attached hydrogens (primary N) is 1. The Morgan fingerprint density at radius 1 is 1.11 bits per heavy atom. The highest BCUT2D eigenvalue weighted by atomic mass is 16.5. The molecule has 0 saturated carbocycles. The third kappa shape index (κ3) is 5.60. The zero-order valence-electron chi connectivity index (χ0n) is 11.7. The molecule has 0 atom stereocenters. The molecule has 1 aromatic heterocycles. The molecule has 0 spiro atoms. The van der Waals surface area contributed by atoms with E-state index in [9.17, 15) is 0 Å². The summed E-state index contributed by atoms with van der Waals surface area (Å²) in [5.41, 5.74) is 5.45.